The molecule has 0 aromatic heterocycles. The predicted octanol–water partition coefficient (Wildman–Crippen LogP) is 1.81. The molecular weight excluding hydrogens is 148 g/mol. The molecule has 0 fully saturated rings. The first-order valence-electron chi connectivity index (χ1n) is 3.53. The molecule has 0 radical (unpaired) electrons. The lowest BCUT2D eigenvalue weighted by Crippen LogP contribution is -2.08. The standard InChI is InChI=1S/C7H14O2S/c1-2-3-6(5-10)4-7(8)9/h6,10H,2-5H2,1H3,(H,8,9)/t6-/m1/s1. The predicted molar refractivity (Wildman–Crippen MR) is 44.5 cm³/mol. The van der Waals surface area contributed by atoms with Gasteiger partial charge in [-0.3, -0.25) is 4.79 Å². The number of hydrogen-bond acceptors (Lipinski definition) is 2. The number of carboxylic acids is 1. The number of hydrogen-bond donors (Lipinski definition) is 2. The minimum absolute atomic E-state index is 0.255. The van der Waals surface area contributed by atoms with E-state index in [9.17, 15) is 4.79 Å². The van der Waals surface area contributed by atoms with Crippen LogP contribution in [0.1, 0.15) is 26.2 Å². The first-order chi connectivity index (χ1) is 4.70. The van der Waals surface area contributed by atoms with Gasteiger partial charge in [-0.1, -0.05) is 13.3 Å². The molecule has 0 saturated carbocycles. The van der Waals surface area contributed by atoms with Gasteiger partial charge in [0.2, 0.25) is 0 Å². The van der Waals surface area contributed by atoms with Crippen molar-refractivity contribution >= 4 is 18.6 Å². The second kappa shape index (κ2) is 5.59. The second-order valence-electron chi connectivity index (χ2n) is 2.44. The van der Waals surface area contributed by atoms with Crippen LogP contribution in [0.15, 0.2) is 0 Å². The fourth-order valence-electron chi connectivity index (χ4n) is 0.913. The van der Waals surface area contributed by atoms with E-state index in [0.717, 1.165) is 12.8 Å². The van der Waals surface area contributed by atoms with Crippen molar-refractivity contribution in [2.75, 3.05) is 5.75 Å². The van der Waals surface area contributed by atoms with Crippen molar-refractivity contribution in [1.82, 2.24) is 0 Å². The van der Waals surface area contributed by atoms with Crippen LogP contribution in [0.4, 0.5) is 0 Å². The topological polar surface area (TPSA) is 37.3 Å². The fraction of sp³-hybridized carbons (Fsp3) is 0.857. The number of thiol groups is 1. The van der Waals surface area contributed by atoms with E-state index in [1.165, 1.54) is 0 Å². The highest BCUT2D eigenvalue weighted by Crippen LogP contribution is 2.12. The molecule has 0 aromatic carbocycles. The highest BCUT2D eigenvalue weighted by molar-refractivity contribution is 7.80. The zero-order chi connectivity index (χ0) is 7.98. The van der Waals surface area contributed by atoms with Gasteiger partial charge in [-0.25, -0.2) is 0 Å². The fourth-order valence-corrected chi connectivity index (χ4v) is 1.22. The maximum Gasteiger partial charge on any atom is 0.303 e. The summed E-state index contributed by atoms with van der Waals surface area (Å²) in [4.78, 5) is 10.2. The van der Waals surface area contributed by atoms with Gasteiger partial charge in [0.05, 0.1) is 0 Å². The highest BCUT2D eigenvalue weighted by Gasteiger charge is 2.09. The van der Waals surface area contributed by atoms with Crippen LogP contribution >= 0.6 is 12.6 Å². The van der Waals surface area contributed by atoms with Gasteiger partial charge in [-0.05, 0) is 18.1 Å². The SMILES string of the molecule is CCC[C@@H](CS)CC(=O)O. The monoisotopic (exact) mass is 162 g/mol. The summed E-state index contributed by atoms with van der Waals surface area (Å²) >= 11 is 4.06. The molecule has 0 spiro atoms. The zero-order valence-electron chi connectivity index (χ0n) is 6.21. The van der Waals surface area contributed by atoms with Crippen molar-refractivity contribution in [2.24, 2.45) is 5.92 Å². The molecule has 0 unspecified atom stereocenters. The van der Waals surface area contributed by atoms with Crippen LogP contribution in [0.3, 0.4) is 0 Å². The van der Waals surface area contributed by atoms with E-state index in [0.29, 0.717) is 5.75 Å². The van der Waals surface area contributed by atoms with Crippen LogP contribution in [0, 0.1) is 5.92 Å². The molecule has 0 rings (SSSR count). The molecule has 60 valence electrons. The minimum Gasteiger partial charge on any atom is -0.481 e. The molecule has 0 heterocycles. The molecule has 2 nitrogen and oxygen atoms in total. The van der Waals surface area contributed by atoms with E-state index >= 15 is 0 Å². The van der Waals surface area contributed by atoms with E-state index < -0.39 is 5.97 Å². The third kappa shape index (κ3) is 4.68. The van der Waals surface area contributed by atoms with Gasteiger partial charge in [0, 0.05) is 6.42 Å². The molecular formula is C7H14O2S. The van der Waals surface area contributed by atoms with Crippen molar-refractivity contribution in [1.29, 1.82) is 0 Å². The first kappa shape index (κ1) is 9.82. The van der Waals surface area contributed by atoms with Crippen molar-refractivity contribution in [2.45, 2.75) is 26.2 Å². The third-order valence-electron chi connectivity index (χ3n) is 1.42. The lowest BCUT2D eigenvalue weighted by Gasteiger charge is -2.08. The average molecular weight is 162 g/mol. The smallest absolute Gasteiger partial charge is 0.303 e. The van der Waals surface area contributed by atoms with E-state index in [1.807, 2.05) is 0 Å². The molecule has 0 bridgehead atoms. The second-order valence-corrected chi connectivity index (χ2v) is 2.80. The Balaban J connectivity index is 3.49. The maximum absolute atomic E-state index is 10.2. The van der Waals surface area contributed by atoms with Crippen LogP contribution in [0.2, 0.25) is 0 Å². The summed E-state index contributed by atoms with van der Waals surface area (Å²) in [5.41, 5.74) is 0. The Morgan fingerprint density at radius 3 is 2.60 bits per heavy atom. The molecule has 1 atom stereocenters. The Bertz CT molecular complexity index is 104. The van der Waals surface area contributed by atoms with Gasteiger partial charge < -0.3 is 5.11 Å². The van der Waals surface area contributed by atoms with Crippen LogP contribution in [0.25, 0.3) is 0 Å². The molecule has 10 heavy (non-hydrogen) atoms. The molecule has 0 saturated heterocycles. The summed E-state index contributed by atoms with van der Waals surface area (Å²) in [6.07, 6.45) is 2.27. The van der Waals surface area contributed by atoms with Gasteiger partial charge in [0.25, 0.3) is 0 Å². The van der Waals surface area contributed by atoms with Crippen molar-refractivity contribution in [3.05, 3.63) is 0 Å². The van der Waals surface area contributed by atoms with Crippen molar-refractivity contribution in [3.63, 3.8) is 0 Å². The van der Waals surface area contributed by atoms with E-state index in [-0.39, 0.29) is 12.3 Å². The Morgan fingerprint density at radius 2 is 2.30 bits per heavy atom. The molecule has 0 aromatic rings. The number of rotatable bonds is 5. The molecule has 0 aliphatic heterocycles. The van der Waals surface area contributed by atoms with Gasteiger partial charge in [0.1, 0.15) is 0 Å². The zero-order valence-corrected chi connectivity index (χ0v) is 7.10. The average Bonchev–Trinajstić information content (AvgIpc) is 1.86. The Labute approximate surface area is 67.0 Å². The third-order valence-corrected chi connectivity index (χ3v) is 1.93. The van der Waals surface area contributed by atoms with Crippen LogP contribution < -0.4 is 0 Å². The van der Waals surface area contributed by atoms with Gasteiger partial charge in [-0.15, -0.1) is 0 Å². The summed E-state index contributed by atoms with van der Waals surface area (Å²) in [7, 11) is 0. The summed E-state index contributed by atoms with van der Waals surface area (Å²) in [6.45, 7) is 2.05. The quantitative estimate of drug-likeness (QED) is 0.605. The number of carbonyl (C=O) groups is 1. The molecule has 0 aliphatic rings. The Morgan fingerprint density at radius 1 is 1.70 bits per heavy atom. The largest absolute Gasteiger partial charge is 0.481 e. The van der Waals surface area contributed by atoms with Crippen molar-refractivity contribution in [3.8, 4) is 0 Å². The number of carboxylic acid groups (broad SMARTS) is 1. The van der Waals surface area contributed by atoms with Crippen molar-refractivity contribution < 1.29 is 9.90 Å². The van der Waals surface area contributed by atoms with Gasteiger partial charge >= 0.3 is 5.97 Å². The van der Waals surface area contributed by atoms with E-state index in [1.54, 1.807) is 0 Å². The Hall–Kier alpha value is -0.180. The maximum atomic E-state index is 10.2. The summed E-state index contributed by atoms with van der Waals surface area (Å²) in [5.74, 6) is 0.221. The summed E-state index contributed by atoms with van der Waals surface area (Å²) in [6, 6.07) is 0. The molecule has 0 aliphatic carbocycles. The van der Waals surface area contributed by atoms with Crippen LogP contribution in [-0.4, -0.2) is 16.8 Å². The number of aliphatic carboxylic acids is 1. The highest BCUT2D eigenvalue weighted by atomic mass is 32.1. The normalized spacial score (nSPS) is 13.0. The van der Waals surface area contributed by atoms with Gasteiger partial charge in [-0.2, -0.15) is 12.6 Å². The molecule has 3 heteroatoms. The minimum atomic E-state index is -0.715. The lowest BCUT2D eigenvalue weighted by atomic mass is 10.0. The molecule has 1 N–H and O–H groups in total. The summed E-state index contributed by atoms with van der Waals surface area (Å²) in [5, 5.41) is 8.41. The van der Waals surface area contributed by atoms with Gasteiger partial charge in [0.15, 0.2) is 0 Å². The first-order valence-corrected chi connectivity index (χ1v) is 4.16. The van der Waals surface area contributed by atoms with E-state index in [2.05, 4.69) is 19.6 Å². The van der Waals surface area contributed by atoms with Crippen LogP contribution in [0.5, 0.6) is 0 Å². The molecule has 0 amide bonds. The Kier molecular flexibility index (Phi) is 5.49. The lowest BCUT2D eigenvalue weighted by molar-refractivity contribution is -0.137. The van der Waals surface area contributed by atoms with E-state index in [4.69, 9.17) is 5.11 Å². The summed E-state index contributed by atoms with van der Waals surface area (Å²) < 4.78 is 0. The van der Waals surface area contributed by atoms with Crippen LogP contribution in [-0.2, 0) is 4.79 Å².